The van der Waals surface area contributed by atoms with Gasteiger partial charge in [-0.2, -0.15) is 0 Å². The minimum atomic E-state index is -0.388. The van der Waals surface area contributed by atoms with E-state index in [1.807, 2.05) is 31.2 Å². The number of rotatable bonds is 2. The van der Waals surface area contributed by atoms with Crippen LogP contribution >= 0.6 is 0 Å². The van der Waals surface area contributed by atoms with Crippen LogP contribution in [0.5, 0.6) is 0 Å². The number of benzene rings is 1. The molecule has 0 aromatic heterocycles. The average molecular weight is 287 g/mol. The first-order valence-electron chi connectivity index (χ1n) is 7.58. The van der Waals surface area contributed by atoms with Crippen molar-refractivity contribution >= 4 is 11.9 Å². The molecule has 0 radical (unpaired) electrons. The van der Waals surface area contributed by atoms with Crippen LogP contribution in [0.3, 0.4) is 0 Å². The van der Waals surface area contributed by atoms with Gasteiger partial charge in [0.25, 0.3) is 0 Å². The summed E-state index contributed by atoms with van der Waals surface area (Å²) in [6, 6.07) is 7.96. The van der Waals surface area contributed by atoms with Gasteiger partial charge in [0.05, 0.1) is 13.0 Å². The number of hydrogen-bond donors (Lipinski definition) is 0. The molecule has 4 heteroatoms. The van der Waals surface area contributed by atoms with E-state index in [-0.39, 0.29) is 29.9 Å². The Bertz CT molecular complexity index is 552. The molecule has 2 saturated heterocycles. The Balaban J connectivity index is 1.85. The molecule has 3 atom stereocenters. The zero-order valence-electron chi connectivity index (χ0n) is 12.5. The van der Waals surface area contributed by atoms with Crippen molar-refractivity contribution in [2.75, 3.05) is 7.11 Å². The number of methoxy groups -OCH3 is 1. The molecular formula is C17H21NO3. The van der Waals surface area contributed by atoms with Crippen LogP contribution in [0.25, 0.3) is 0 Å². The predicted octanol–water partition coefficient (Wildman–Crippen LogP) is 2.41. The van der Waals surface area contributed by atoms with Gasteiger partial charge in [0.1, 0.15) is 6.04 Å². The smallest absolute Gasteiger partial charge is 0.328 e. The van der Waals surface area contributed by atoms with Crippen molar-refractivity contribution in [1.82, 2.24) is 4.90 Å². The van der Waals surface area contributed by atoms with Crippen LogP contribution in [-0.2, 0) is 14.3 Å². The third-order valence-electron chi connectivity index (χ3n) is 4.80. The van der Waals surface area contributed by atoms with Crippen molar-refractivity contribution in [2.24, 2.45) is 0 Å². The summed E-state index contributed by atoms with van der Waals surface area (Å²) in [5, 5.41) is 0. The quantitative estimate of drug-likeness (QED) is 0.785. The fraction of sp³-hybridized carbons (Fsp3) is 0.529. The lowest BCUT2D eigenvalue weighted by Crippen LogP contribution is -2.50. The third kappa shape index (κ3) is 2.43. The summed E-state index contributed by atoms with van der Waals surface area (Å²) in [6.45, 7) is 2.04. The molecule has 21 heavy (non-hydrogen) atoms. The van der Waals surface area contributed by atoms with Crippen LogP contribution in [-0.4, -0.2) is 36.0 Å². The van der Waals surface area contributed by atoms with Crippen LogP contribution in [0.15, 0.2) is 24.3 Å². The summed E-state index contributed by atoms with van der Waals surface area (Å²) >= 11 is 0. The van der Waals surface area contributed by atoms with Gasteiger partial charge in [0.15, 0.2) is 0 Å². The predicted molar refractivity (Wildman–Crippen MR) is 78.8 cm³/mol. The van der Waals surface area contributed by atoms with Crippen molar-refractivity contribution in [1.29, 1.82) is 0 Å². The fourth-order valence-electron chi connectivity index (χ4n) is 3.64. The molecule has 0 saturated carbocycles. The van der Waals surface area contributed by atoms with Crippen LogP contribution in [0.2, 0.25) is 0 Å². The summed E-state index contributed by atoms with van der Waals surface area (Å²) in [5.41, 5.74) is 2.24. The molecule has 2 fully saturated rings. The average Bonchev–Trinajstić information content (AvgIpc) is 2.93. The largest absolute Gasteiger partial charge is 0.467 e. The molecule has 0 N–H and O–H groups in total. The summed E-state index contributed by atoms with van der Waals surface area (Å²) in [6.07, 6.45) is 3.48. The maximum atomic E-state index is 12.8. The first-order valence-corrected chi connectivity index (χ1v) is 7.58. The second kappa shape index (κ2) is 5.51. The minimum Gasteiger partial charge on any atom is -0.467 e. The Hall–Kier alpha value is -1.84. The monoisotopic (exact) mass is 287 g/mol. The van der Waals surface area contributed by atoms with Crippen LogP contribution in [0.1, 0.15) is 42.7 Å². The van der Waals surface area contributed by atoms with Crippen molar-refractivity contribution in [3.8, 4) is 0 Å². The number of hydrogen-bond acceptors (Lipinski definition) is 3. The van der Waals surface area contributed by atoms with Gasteiger partial charge >= 0.3 is 5.97 Å². The van der Waals surface area contributed by atoms with Crippen LogP contribution < -0.4 is 0 Å². The van der Waals surface area contributed by atoms with E-state index in [1.54, 1.807) is 4.90 Å². The van der Waals surface area contributed by atoms with E-state index in [0.29, 0.717) is 0 Å². The molecule has 1 amide bonds. The van der Waals surface area contributed by atoms with E-state index in [2.05, 4.69) is 0 Å². The molecule has 2 aliphatic rings. The summed E-state index contributed by atoms with van der Waals surface area (Å²) < 4.78 is 4.86. The maximum absolute atomic E-state index is 12.8. The highest BCUT2D eigenvalue weighted by Gasteiger charge is 2.46. The van der Waals surface area contributed by atoms with Gasteiger partial charge in [0.2, 0.25) is 5.91 Å². The molecule has 0 aliphatic carbocycles. The van der Waals surface area contributed by atoms with Crippen molar-refractivity contribution in [2.45, 2.75) is 50.6 Å². The molecule has 2 heterocycles. The van der Waals surface area contributed by atoms with Crippen LogP contribution in [0, 0.1) is 6.92 Å². The Labute approximate surface area is 125 Å². The lowest BCUT2D eigenvalue weighted by molar-refractivity contribution is -0.154. The minimum absolute atomic E-state index is 0.0861. The summed E-state index contributed by atoms with van der Waals surface area (Å²) in [7, 11) is 1.39. The van der Waals surface area contributed by atoms with Gasteiger partial charge in [-0.15, -0.1) is 0 Å². The molecule has 1 aromatic carbocycles. The fourth-order valence-corrected chi connectivity index (χ4v) is 3.64. The molecule has 2 aliphatic heterocycles. The van der Waals surface area contributed by atoms with E-state index in [9.17, 15) is 9.59 Å². The van der Waals surface area contributed by atoms with Gasteiger partial charge in [0, 0.05) is 6.04 Å². The number of ether oxygens (including phenoxy) is 1. The Morgan fingerprint density at radius 1 is 1.14 bits per heavy atom. The molecule has 4 nitrogen and oxygen atoms in total. The highest BCUT2D eigenvalue weighted by atomic mass is 16.5. The van der Waals surface area contributed by atoms with Gasteiger partial charge < -0.3 is 9.64 Å². The number of carbonyl (C=O) groups is 2. The van der Waals surface area contributed by atoms with Gasteiger partial charge in [-0.1, -0.05) is 29.8 Å². The van der Waals surface area contributed by atoms with Gasteiger partial charge in [-0.25, -0.2) is 4.79 Å². The van der Waals surface area contributed by atoms with Crippen molar-refractivity contribution < 1.29 is 14.3 Å². The molecule has 3 rings (SSSR count). The standard InChI is InChI=1S/C17H21NO3/c1-11-3-5-12(6-4-11)14-9-7-13-8-10-15(17(20)21-2)18(13)16(14)19/h3-6,13-15H,7-10H2,1-2H3/t13-,14?,15?/m0/s1. The van der Waals surface area contributed by atoms with E-state index >= 15 is 0 Å². The number of piperidine rings is 1. The molecule has 0 spiro atoms. The number of aryl methyl sites for hydroxylation is 1. The third-order valence-corrected chi connectivity index (χ3v) is 4.80. The molecule has 2 unspecified atom stereocenters. The lowest BCUT2D eigenvalue weighted by atomic mass is 9.86. The molecular weight excluding hydrogens is 266 g/mol. The molecule has 1 aromatic rings. The summed E-state index contributed by atoms with van der Waals surface area (Å²) in [5.74, 6) is -0.314. The molecule has 112 valence electrons. The Morgan fingerprint density at radius 3 is 2.48 bits per heavy atom. The van der Waals surface area contributed by atoms with E-state index in [0.717, 1.165) is 31.2 Å². The number of carbonyl (C=O) groups excluding carboxylic acids is 2. The SMILES string of the molecule is COC(=O)C1CC[C@@H]2CCC(c3ccc(C)cc3)C(=O)N12. The number of amides is 1. The first-order chi connectivity index (χ1) is 10.1. The maximum Gasteiger partial charge on any atom is 0.328 e. The normalized spacial score (nSPS) is 28.4. The second-order valence-electron chi connectivity index (χ2n) is 6.06. The Kier molecular flexibility index (Phi) is 3.70. The summed E-state index contributed by atoms with van der Waals surface area (Å²) in [4.78, 5) is 26.5. The number of fused-ring (bicyclic) bond motifs is 1. The lowest BCUT2D eigenvalue weighted by Gasteiger charge is -2.37. The van der Waals surface area contributed by atoms with Crippen molar-refractivity contribution in [3.63, 3.8) is 0 Å². The van der Waals surface area contributed by atoms with Gasteiger partial charge in [-0.3, -0.25) is 4.79 Å². The van der Waals surface area contributed by atoms with E-state index < -0.39 is 0 Å². The highest BCUT2D eigenvalue weighted by Crippen LogP contribution is 2.39. The Morgan fingerprint density at radius 2 is 1.81 bits per heavy atom. The highest BCUT2D eigenvalue weighted by molar-refractivity contribution is 5.90. The zero-order valence-corrected chi connectivity index (χ0v) is 12.5. The second-order valence-corrected chi connectivity index (χ2v) is 6.06. The number of nitrogens with zero attached hydrogens (tertiary/aromatic N) is 1. The molecule has 0 bridgehead atoms. The van der Waals surface area contributed by atoms with E-state index in [4.69, 9.17) is 4.74 Å². The van der Waals surface area contributed by atoms with Crippen LogP contribution in [0.4, 0.5) is 0 Å². The van der Waals surface area contributed by atoms with Gasteiger partial charge in [-0.05, 0) is 38.2 Å². The first kappa shape index (κ1) is 14.1. The van der Waals surface area contributed by atoms with Crippen molar-refractivity contribution in [3.05, 3.63) is 35.4 Å². The topological polar surface area (TPSA) is 46.6 Å². The number of esters is 1. The van der Waals surface area contributed by atoms with E-state index in [1.165, 1.54) is 12.7 Å². The zero-order chi connectivity index (χ0) is 15.0.